The van der Waals surface area contributed by atoms with E-state index in [1.165, 1.54) is 151 Å². The molecule has 0 unspecified atom stereocenters. The van der Waals surface area contributed by atoms with Crippen molar-refractivity contribution in [2.24, 2.45) is 0 Å². The maximum Gasteiger partial charge on any atom is 0.346 e. The Kier molecular flexibility index (Phi) is 29.1. The zero-order chi connectivity index (χ0) is 61.2. The van der Waals surface area contributed by atoms with Gasteiger partial charge in [-0.15, -0.1) is 94.1 Å². The highest BCUT2D eigenvalue weighted by molar-refractivity contribution is 8.48. The van der Waals surface area contributed by atoms with Crippen molar-refractivity contribution in [3.63, 3.8) is 0 Å². The minimum absolute atomic E-state index is 0.158. The first-order valence-electron chi connectivity index (χ1n) is 22.2. The Balaban J connectivity index is 1.02. The summed E-state index contributed by atoms with van der Waals surface area (Å²) in [7, 11) is 10.2. The van der Waals surface area contributed by atoms with E-state index in [0.29, 0.717) is 15.3 Å². The highest BCUT2D eigenvalue weighted by Crippen LogP contribution is 2.70. The summed E-state index contributed by atoms with van der Waals surface area (Å²) in [6.07, 6.45) is 4.02. The summed E-state index contributed by atoms with van der Waals surface area (Å²) >= 11 is 35.4. The van der Waals surface area contributed by atoms with Gasteiger partial charge in [-0.05, 0) is 12.5 Å². The molecule has 8 rings (SSSR count). The largest absolute Gasteiger partial charge is 0.465 e. The van der Waals surface area contributed by atoms with E-state index in [1.54, 1.807) is 188 Å². The molecule has 85 heavy (non-hydrogen) atoms. The summed E-state index contributed by atoms with van der Waals surface area (Å²) in [4.78, 5) is 104. The molecule has 0 bridgehead atoms. The second-order valence-corrected chi connectivity index (χ2v) is 43.5. The number of hydrogen-bond acceptors (Lipinski definition) is 40. The lowest BCUT2D eigenvalue weighted by atomic mass is 10.5. The average molecular weight is 1600 g/mol. The number of thioether (sulfide) groups is 24. The molecule has 16 nitrogen and oxygen atoms in total. The molecule has 0 aliphatic carbocycles. The number of esters is 8. The third-order valence-electron chi connectivity index (χ3n) is 9.68. The first-order chi connectivity index (χ1) is 41.0. The van der Waals surface area contributed by atoms with E-state index in [9.17, 15) is 38.4 Å². The van der Waals surface area contributed by atoms with Gasteiger partial charge in [0.15, 0.2) is 0 Å². The fraction of sp³-hybridized carbons (Fsp3) is 0.289. The van der Waals surface area contributed by atoms with Crippen molar-refractivity contribution in [3.8, 4) is 0 Å². The van der Waals surface area contributed by atoms with E-state index in [-0.39, 0.29) is 39.2 Å². The predicted molar refractivity (Wildman–Crippen MR) is 389 cm³/mol. The van der Waals surface area contributed by atoms with Crippen molar-refractivity contribution in [1.29, 1.82) is 0 Å². The summed E-state index contributed by atoms with van der Waals surface area (Å²) in [6, 6.07) is 0. The van der Waals surface area contributed by atoms with Crippen LogP contribution in [-0.2, 0) is 76.3 Å². The number of carbonyl (C=O) groups is 8. The molecule has 8 aliphatic rings. The number of rotatable bonds is 22. The van der Waals surface area contributed by atoms with Crippen molar-refractivity contribution in [1.82, 2.24) is 0 Å². The van der Waals surface area contributed by atoms with Crippen molar-refractivity contribution >= 4 is 330 Å². The van der Waals surface area contributed by atoms with Crippen LogP contribution in [-0.4, -0.2) is 132 Å². The van der Waals surface area contributed by atoms with E-state index >= 15 is 0 Å². The van der Waals surface area contributed by atoms with Gasteiger partial charge in [0.05, 0.1) is 125 Å². The Hall–Kier alpha value is 1.04. The predicted octanol–water partition coefficient (Wildman–Crippen LogP) is 17.1. The van der Waals surface area contributed by atoms with Crippen LogP contribution in [0.15, 0.2) is 107 Å². The maximum atomic E-state index is 13.0. The Morgan fingerprint density at radius 3 is 0.506 bits per heavy atom. The smallest absolute Gasteiger partial charge is 0.346 e. The van der Waals surface area contributed by atoms with Crippen molar-refractivity contribution < 1.29 is 76.3 Å². The first-order valence-corrected chi connectivity index (χ1v) is 43.7. The molecule has 0 atom stereocenters. The van der Waals surface area contributed by atoms with Gasteiger partial charge in [0, 0.05) is 15.3 Å². The average Bonchev–Trinajstić information content (AvgIpc) is 3.11. The van der Waals surface area contributed by atoms with Gasteiger partial charge in [-0.25, -0.2) is 38.4 Å². The highest BCUT2D eigenvalue weighted by Gasteiger charge is 2.41. The number of carbonyl (C=O) groups excluding carboxylic acids is 8. The minimum Gasteiger partial charge on any atom is -0.465 e. The molecule has 0 saturated heterocycles. The second-order valence-electron chi connectivity index (χ2n) is 14.4. The van der Waals surface area contributed by atoms with Crippen LogP contribution >= 0.6 is 282 Å². The molecule has 0 aromatic heterocycles. The third kappa shape index (κ3) is 17.5. The Bertz CT molecular complexity index is 2990. The lowest BCUT2D eigenvalue weighted by molar-refractivity contribution is -0.138. The van der Waals surface area contributed by atoms with Gasteiger partial charge in [-0.2, -0.15) is 0 Å². The summed E-state index contributed by atoms with van der Waals surface area (Å²) in [6.45, 7) is 0. The first kappa shape index (κ1) is 71.9. The van der Waals surface area contributed by atoms with Crippen LogP contribution in [0.2, 0.25) is 0 Å². The zero-order valence-corrected chi connectivity index (χ0v) is 64.0. The molecule has 456 valence electrons. The molecular formula is C45H36O16S24. The standard InChI is InChI=1S/C45H36O16S24/c1-54-22(46)14-15(23(47)55-2)71-38(70-14)42-78-30(62-9)32(80-42)64-11-66-34-36(84-44(82-34)40-74-18(26(50)58-5)19(75-40)27(51)59-6)68-13-69-37-35(83-45(85-37)41-76-20(28(52)60-7)21(77-41)29(53)61-8)67-12-65-33-31(63-10)79-43(81-33)39-72-16(24(48)56-3)17(73-39)25(49)57-4/h11-13H2,1-10H3. The summed E-state index contributed by atoms with van der Waals surface area (Å²) in [5.41, 5.74) is 0. The quantitative estimate of drug-likeness (QED) is 0.0560. The molecule has 40 heteroatoms. The second kappa shape index (κ2) is 34.4. The minimum atomic E-state index is -0.635. The van der Waals surface area contributed by atoms with Crippen molar-refractivity contribution in [2.45, 2.75) is 0 Å². The number of ether oxygens (including phenoxy) is 8. The molecule has 0 amide bonds. The lowest BCUT2D eigenvalue weighted by Gasteiger charge is -2.08. The van der Waals surface area contributed by atoms with Crippen LogP contribution < -0.4 is 0 Å². The molecular weight excluding hydrogens is 1570 g/mol. The van der Waals surface area contributed by atoms with Gasteiger partial charge in [0.2, 0.25) is 0 Å². The molecule has 0 saturated carbocycles. The fourth-order valence-electron chi connectivity index (χ4n) is 5.96. The van der Waals surface area contributed by atoms with Gasteiger partial charge in [-0.3, -0.25) is 0 Å². The van der Waals surface area contributed by atoms with E-state index in [2.05, 4.69) is 0 Å². The lowest BCUT2D eigenvalue weighted by Crippen LogP contribution is -2.08. The molecule has 0 aromatic carbocycles. The van der Waals surface area contributed by atoms with Crippen LogP contribution in [0, 0.1) is 0 Å². The zero-order valence-electron chi connectivity index (χ0n) is 44.5. The van der Waals surface area contributed by atoms with Crippen molar-refractivity contribution in [2.75, 3.05) is 84.6 Å². The van der Waals surface area contributed by atoms with Crippen LogP contribution in [0.3, 0.4) is 0 Å². The van der Waals surface area contributed by atoms with Crippen LogP contribution in [0.4, 0.5) is 0 Å². The maximum absolute atomic E-state index is 13.0. The third-order valence-corrected chi connectivity index (χ3v) is 44.2. The Morgan fingerprint density at radius 2 is 0.365 bits per heavy atom. The SMILES string of the molecule is COC(=O)C1=C(C(=O)OC)SC(=C2SC(SC)=C(SCSC3=C(SCSC4=C(SCSC5=C(SC)SC(=C6SC(C(=O)OC)=C(C(=O)OC)S6)S5)SC(=C5SC(C(=O)OC)=C(C(=O)OC)S5)S4)SC(=C4SC(C(=O)OC)=C(C(=O)OC)S4)S3)S2)S1. The summed E-state index contributed by atoms with van der Waals surface area (Å²) in [5.74, 6) is -4.97. The van der Waals surface area contributed by atoms with Crippen LogP contribution in [0.25, 0.3) is 0 Å². The molecule has 0 aromatic rings. The molecule has 8 heterocycles. The fourth-order valence-corrected chi connectivity index (χ4v) is 41.2. The Morgan fingerprint density at radius 1 is 0.235 bits per heavy atom. The van der Waals surface area contributed by atoms with E-state index < -0.39 is 47.8 Å². The van der Waals surface area contributed by atoms with E-state index in [0.717, 1.165) is 67.8 Å². The molecule has 0 N–H and O–H groups in total. The van der Waals surface area contributed by atoms with Gasteiger partial charge >= 0.3 is 47.8 Å². The molecule has 0 spiro atoms. The molecule has 0 fully saturated rings. The number of hydrogen-bond donors (Lipinski definition) is 0. The van der Waals surface area contributed by atoms with E-state index in [1.807, 2.05) is 12.5 Å². The topological polar surface area (TPSA) is 210 Å². The summed E-state index contributed by atoms with van der Waals surface area (Å²) in [5, 5.41) is 1.82. The van der Waals surface area contributed by atoms with Gasteiger partial charge in [0.25, 0.3) is 0 Å². The summed E-state index contributed by atoms with van der Waals surface area (Å²) < 4.78 is 55.4. The normalized spacial score (nSPS) is 19.2. The van der Waals surface area contributed by atoms with Crippen molar-refractivity contribution in [3.05, 3.63) is 107 Å². The highest BCUT2D eigenvalue weighted by atomic mass is 32.3. The monoisotopic (exact) mass is 1600 g/mol. The van der Waals surface area contributed by atoms with Crippen LogP contribution in [0.5, 0.6) is 0 Å². The van der Waals surface area contributed by atoms with Crippen LogP contribution in [0.1, 0.15) is 0 Å². The molecule has 8 aliphatic heterocycles. The molecule has 0 radical (unpaired) electrons. The van der Waals surface area contributed by atoms with Gasteiger partial charge in [-0.1, -0.05) is 188 Å². The van der Waals surface area contributed by atoms with E-state index in [4.69, 9.17) is 37.9 Å². The van der Waals surface area contributed by atoms with Gasteiger partial charge < -0.3 is 37.9 Å². The van der Waals surface area contributed by atoms with Gasteiger partial charge in [0.1, 0.15) is 39.2 Å². The Labute approximate surface area is 590 Å². The number of methoxy groups -OCH3 is 8.